The molecule has 3 atom stereocenters. The van der Waals surface area contributed by atoms with Gasteiger partial charge in [-0.25, -0.2) is 9.07 Å². The number of allylic oxidation sites excluding steroid dienone is 4. The van der Waals surface area contributed by atoms with Crippen molar-refractivity contribution in [3.63, 3.8) is 0 Å². The Morgan fingerprint density at radius 1 is 1.12 bits per heavy atom. The Bertz CT molecular complexity index is 836. The van der Waals surface area contributed by atoms with Gasteiger partial charge in [0.2, 0.25) is 0 Å². The molecule has 1 aromatic carbocycles. The summed E-state index contributed by atoms with van der Waals surface area (Å²) in [5.74, 6) is 1.10. The molecule has 1 fully saturated rings. The van der Waals surface area contributed by atoms with Crippen LogP contribution in [-0.4, -0.2) is 33.9 Å². The lowest BCUT2D eigenvalue weighted by molar-refractivity contribution is 0.193. The average Bonchev–Trinajstić information content (AvgIpc) is 3.17. The van der Waals surface area contributed by atoms with Gasteiger partial charge in [0.1, 0.15) is 6.17 Å². The van der Waals surface area contributed by atoms with E-state index in [0.717, 1.165) is 25.3 Å². The third kappa shape index (κ3) is 2.65. The van der Waals surface area contributed by atoms with Crippen LogP contribution in [0.25, 0.3) is 5.70 Å². The van der Waals surface area contributed by atoms with E-state index in [2.05, 4.69) is 45.0 Å². The molecule has 1 aliphatic heterocycles. The van der Waals surface area contributed by atoms with Crippen molar-refractivity contribution >= 4 is 5.70 Å². The van der Waals surface area contributed by atoms with Gasteiger partial charge >= 0.3 is 0 Å². The van der Waals surface area contributed by atoms with Gasteiger partial charge in [-0.2, -0.15) is 5.10 Å². The van der Waals surface area contributed by atoms with Crippen LogP contribution in [0.5, 0.6) is 0 Å². The fourth-order valence-corrected chi connectivity index (χ4v) is 4.62. The molecule has 1 saturated heterocycles. The smallest absolute Gasteiger partial charge is 0.122 e. The zero-order valence-corrected chi connectivity index (χ0v) is 14.2. The predicted octanol–water partition coefficient (Wildman–Crippen LogP) is 4.11. The number of benzene rings is 1. The zero-order valence-electron chi connectivity index (χ0n) is 14.2. The van der Waals surface area contributed by atoms with Crippen molar-refractivity contribution in [3.8, 4) is 0 Å². The standard InChI is InChI=1S/C21H22FN3/c22-18-6-8-19(9-7-18)25-21-17-10-16(20(21)11-23-25)13-24(14-17)12-15-4-2-1-3-5-15/h1-6,8-9,11,16-18H,7,10,12-14H2. The topological polar surface area (TPSA) is 21.1 Å². The summed E-state index contributed by atoms with van der Waals surface area (Å²) in [6.45, 7) is 3.19. The van der Waals surface area contributed by atoms with Gasteiger partial charge in [0, 0.05) is 37.9 Å². The quantitative estimate of drug-likeness (QED) is 0.842. The van der Waals surface area contributed by atoms with Crippen LogP contribution >= 0.6 is 0 Å². The third-order valence-corrected chi connectivity index (χ3v) is 5.71. The summed E-state index contributed by atoms with van der Waals surface area (Å²) in [7, 11) is 0. The first-order valence-corrected chi connectivity index (χ1v) is 9.15. The maximum Gasteiger partial charge on any atom is 0.122 e. The highest BCUT2D eigenvalue weighted by molar-refractivity contribution is 5.60. The normalized spacial score (nSPS) is 28.0. The van der Waals surface area contributed by atoms with E-state index >= 15 is 0 Å². The minimum absolute atomic E-state index is 0.453. The number of likely N-dealkylation sites (tertiary alicyclic amines) is 1. The number of rotatable bonds is 3. The Kier molecular flexibility index (Phi) is 3.59. The Balaban J connectivity index is 1.40. The molecule has 0 spiro atoms. The molecule has 1 aromatic heterocycles. The second-order valence-electron chi connectivity index (χ2n) is 7.45. The van der Waals surface area contributed by atoms with Crippen LogP contribution in [0.4, 0.5) is 4.39 Å². The van der Waals surface area contributed by atoms with Crippen LogP contribution in [0.2, 0.25) is 0 Å². The van der Waals surface area contributed by atoms with Crippen LogP contribution < -0.4 is 0 Å². The monoisotopic (exact) mass is 335 g/mol. The molecule has 3 nitrogen and oxygen atoms in total. The lowest BCUT2D eigenvalue weighted by atomic mass is 9.95. The Morgan fingerprint density at radius 3 is 2.76 bits per heavy atom. The van der Waals surface area contributed by atoms with E-state index in [4.69, 9.17) is 0 Å². The van der Waals surface area contributed by atoms with E-state index in [0.29, 0.717) is 18.3 Å². The Hall–Kier alpha value is -2.20. The van der Waals surface area contributed by atoms with Crippen molar-refractivity contribution in [1.29, 1.82) is 0 Å². The fourth-order valence-electron chi connectivity index (χ4n) is 4.62. The summed E-state index contributed by atoms with van der Waals surface area (Å²) >= 11 is 0. The predicted molar refractivity (Wildman–Crippen MR) is 97.0 cm³/mol. The Morgan fingerprint density at radius 2 is 1.96 bits per heavy atom. The lowest BCUT2D eigenvalue weighted by Crippen LogP contribution is -2.35. The van der Waals surface area contributed by atoms with Gasteiger partial charge in [-0.3, -0.25) is 4.90 Å². The molecule has 0 radical (unpaired) electrons. The van der Waals surface area contributed by atoms with Gasteiger partial charge in [0.05, 0.1) is 17.6 Å². The van der Waals surface area contributed by atoms with Crippen LogP contribution in [0.1, 0.15) is 41.5 Å². The van der Waals surface area contributed by atoms with E-state index in [1.807, 2.05) is 18.3 Å². The Labute approximate surface area is 147 Å². The van der Waals surface area contributed by atoms with Crippen LogP contribution in [0.3, 0.4) is 0 Å². The van der Waals surface area contributed by atoms with Crippen LogP contribution in [-0.2, 0) is 6.54 Å². The lowest BCUT2D eigenvalue weighted by Gasteiger charge is -2.32. The van der Waals surface area contributed by atoms with E-state index in [1.54, 1.807) is 6.08 Å². The van der Waals surface area contributed by atoms with Gasteiger partial charge in [0.25, 0.3) is 0 Å². The molecule has 3 aliphatic rings. The van der Waals surface area contributed by atoms with Crippen molar-refractivity contribution in [2.45, 2.75) is 37.4 Å². The third-order valence-electron chi connectivity index (χ3n) is 5.71. The van der Waals surface area contributed by atoms with Gasteiger partial charge in [-0.1, -0.05) is 36.4 Å². The summed E-state index contributed by atoms with van der Waals surface area (Å²) in [6.07, 6.45) is 8.37. The van der Waals surface area contributed by atoms with E-state index in [1.165, 1.54) is 23.2 Å². The largest absolute Gasteiger partial charge is 0.298 e. The molecule has 2 aromatic rings. The van der Waals surface area contributed by atoms with Gasteiger partial charge < -0.3 is 0 Å². The number of hydrogen-bond donors (Lipinski definition) is 0. The highest BCUT2D eigenvalue weighted by atomic mass is 19.1. The average molecular weight is 335 g/mol. The molecule has 25 heavy (non-hydrogen) atoms. The maximum atomic E-state index is 13.4. The molecular formula is C21H22FN3. The summed E-state index contributed by atoms with van der Waals surface area (Å²) < 4.78 is 15.4. The molecule has 2 bridgehead atoms. The minimum atomic E-state index is -0.854. The molecule has 5 rings (SSSR count). The van der Waals surface area contributed by atoms with E-state index in [-0.39, 0.29) is 0 Å². The first-order chi connectivity index (χ1) is 12.3. The van der Waals surface area contributed by atoms with Crippen molar-refractivity contribution < 1.29 is 4.39 Å². The number of nitrogens with zero attached hydrogens (tertiary/aromatic N) is 3. The van der Waals surface area contributed by atoms with Crippen LogP contribution in [0, 0.1) is 0 Å². The molecular weight excluding hydrogens is 313 g/mol. The van der Waals surface area contributed by atoms with Gasteiger partial charge in [-0.05, 0) is 29.7 Å². The number of fused-ring (bicyclic) bond motifs is 5. The number of halogens is 1. The van der Waals surface area contributed by atoms with Crippen molar-refractivity contribution in [2.24, 2.45) is 0 Å². The second kappa shape index (κ2) is 5.95. The van der Waals surface area contributed by atoms with Crippen molar-refractivity contribution in [2.75, 3.05) is 13.1 Å². The van der Waals surface area contributed by atoms with Crippen LogP contribution in [0.15, 0.2) is 54.8 Å². The summed E-state index contributed by atoms with van der Waals surface area (Å²) in [6, 6.07) is 10.7. The highest BCUT2D eigenvalue weighted by Crippen LogP contribution is 2.47. The number of aromatic nitrogens is 2. The van der Waals surface area contributed by atoms with Crippen molar-refractivity contribution in [1.82, 2.24) is 14.7 Å². The number of piperidine rings is 1. The van der Waals surface area contributed by atoms with Crippen molar-refractivity contribution in [3.05, 3.63) is 71.6 Å². The van der Waals surface area contributed by atoms with Gasteiger partial charge in [0.15, 0.2) is 0 Å². The van der Waals surface area contributed by atoms with E-state index in [9.17, 15) is 4.39 Å². The maximum absolute atomic E-state index is 13.4. The summed E-state index contributed by atoms with van der Waals surface area (Å²) in [5, 5.41) is 4.63. The molecule has 3 unspecified atom stereocenters. The SMILES string of the molecule is FC1C=CC(n2ncc3c2C2CC3CN(Cc3ccccc3)C2)=CC1. The second-order valence-corrected chi connectivity index (χ2v) is 7.45. The first kappa shape index (κ1) is 15.1. The molecule has 2 aliphatic carbocycles. The molecule has 0 saturated carbocycles. The first-order valence-electron chi connectivity index (χ1n) is 9.15. The van der Waals surface area contributed by atoms with E-state index < -0.39 is 6.17 Å². The minimum Gasteiger partial charge on any atom is -0.298 e. The zero-order chi connectivity index (χ0) is 16.8. The number of hydrogen-bond acceptors (Lipinski definition) is 2. The molecule has 0 N–H and O–H groups in total. The molecule has 4 heteroatoms. The number of alkyl halides is 1. The molecule has 0 amide bonds. The molecule has 128 valence electrons. The fraction of sp³-hybridized carbons (Fsp3) is 0.381. The highest BCUT2D eigenvalue weighted by Gasteiger charge is 2.40. The summed E-state index contributed by atoms with van der Waals surface area (Å²) in [5.41, 5.74) is 5.16. The summed E-state index contributed by atoms with van der Waals surface area (Å²) in [4.78, 5) is 2.57. The van der Waals surface area contributed by atoms with Gasteiger partial charge in [-0.15, -0.1) is 0 Å². The molecule has 2 heterocycles.